The fourth-order valence-electron chi connectivity index (χ4n) is 2.95. The van der Waals surface area contributed by atoms with Crippen LogP contribution in [0, 0.1) is 5.82 Å². The van der Waals surface area contributed by atoms with Crippen LogP contribution in [-0.2, 0) is 0 Å². The van der Waals surface area contributed by atoms with E-state index in [0.717, 1.165) is 6.42 Å². The molecule has 3 heteroatoms. The fraction of sp³-hybridized carbons (Fsp3) is 0.333. The van der Waals surface area contributed by atoms with Gasteiger partial charge in [-0.1, -0.05) is 37.3 Å². The standard InChI is InChI=1S/C18H19FO2/c1-12(13-5-3-2-4-6-13)9-15-11-17(20)16-8-7-14(19)10-18(16)21-15/h2-8,10,12,15,17,20H,9,11H2,1H3/t12?,15?,17-/m0/s1. The molecule has 0 aliphatic carbocycles. The lowest BCUT2D eigenvalue weighted by Crippen LogP contribution is -2.27. The molecular weight excluding hydrogens is 267 g/mol. The molecule has 2 aromatic rings. The average Bonchev–Trinajstić information content (AvgIpc) is 2.47. The van der Waals surface area contributed by atoms with Gasteiger partial charge in [-0.05, 0) is 30.0 Å². The van der Waals surface area contributed by atoms with E-state index in [4.69, 9.17) is 4.74 Å². The highest BCUT2D eigenvalue weighted by atomic mass is 19.1. The third-order valence-corrected chi connectivity index (χ3v) is 4.10. The minimum absolute atomic E-state index is 0.0930. The first-order valence-electron chi connectivity index (χ1n) is 7.32. The van der Waals surface area contributed by atoms with Gasteiger partial charge < -0.3 is 9.84 Å². The second-order valence-electron chi connectivity index (χ2n) is 5.72. The van der Waals surface area contributed by atoms with Crippen LogP contribution in [0.3, 0.4) is 0 Å². The Balaban J connectivity index is 1.74. The van der Waals surface area contributed by atoms with Crippen molar-refractivity contribution in [2.75, 3.05) is 0 Å². The Morgan fingerprint density at radius 3 is 2.76 bits per heavy atom. The summed E-state index contributed by atoms with van der Waals surface area (Å²) in [5.74, 6) is 0.468. The number of ether oxygens (including phenoxy) is 1. The molecule has 2 aromatic carbocycles. The van der Waals surface area contributed by atoms with E-state index in [-0.39, 0.29) is 11.9 Å². The number of rotatable bonds is 3. The van der Waals surface area contributed by atoms with Gasteiger partial charge in [0, 0.05) is 18.1 Å². The van der Waals surface area contributed by atoms with Gasteiger partial charge in [0.05, 0.1) is 6.10 Å². The van der Waals surface area contributed by atoms with E-state index in [9.17, 15) is 9.50 Å². The summed E-state index contributed by atoms with van der Waals surface area (Å²) in [4.78, 5) is 0. The van der Waals surface area contributed by atoms with Crippen LogP contribution in [0.2, 0.25) is 0 Å². The van der Waals surface area contributed by atoms with Gasteiger partial charge in [0.25, 0.3) is 0 Å². The quantitative estimate of drug-likeness (QED) is 0.916. The highest BCUT2D eigenvalue weighted by Crippen LogP contribution is 2.37. The summed E-state index contributed by atoms with van der Waals surface area (Å²) in [6.07, 6.45) is 0.680. The lowest BCUT2D eigenvalue weighted by molar-refractivity contribution is 0.0586. The van der Waals surface area contributed by atoms with E-state index < -0.39 is 6.10 Å². The van der Waals surface area contributed by atoms with Gasteiger partial charge in [-0.2, -0.15) is 0 Å². The number of hydrogen-bond acceptors (Lipinski definition) is 2. The van der Waals surface area contributed by atoms with Crippen LogP contribution < -0.4 is 4.74 Å². The molecule has 21 heavy (non-hydrogen) atoms. The summed E-state index contributed by atoms with van der Waals surface area (Å²) >= 11 is 0. The Morgan fingerprint density at radius 1 is 1.24 bits per heavy atom. The van der Waals surface area contributed by atoms with Crippen LogP contribution in [0.1, 0.15) is 42.9 Å². The molecule has 0 aromatic heterocycles. The molecule has 0 amide bonds. The zero-order valence-electron chi connectivity index (χ0n) is 12.0. The number of aliphatic hydroxyl groups is 1. The van der Waals surface area contributed by atoms with Crippen molar-refractivity contribution in [2.45, 2.75) is 37.9 Å². The SMILES string of the molecule is CC(CC1C[C@H](O)c2ccc(F)cc2O1)c1ccccc1. The van der Waals surface area contributed by atoms with E-state index in [1.807, 2.05) is 18.2 Å². The Bertz CT molecular complexity index is 612. The van der Waals surface area contributed by atoms with Gasteiger partial charge >= 0.3 is 0 Å². The molecule has 1 aliphatic heterocycles. The zero-order valence-corrected chi connectivity index (χ0v) is 12.0. The molecular formula is C18H19FO2. The molecule has 3 rings (SSSR count). The summed E-state index contributed by atoms with van der Waals surface area (Å²) in [7, 11) is 0. The minimum atomic E-state index is -0.581. The first-order valence-corrected chi connectivity index (χ1v) is 7.32. The van der Waals surface area contributed by atoms with Gasteiger partial charge in [-0.15, -0.1) is 0 Å². The smallest absolute Gasteiger partial charge is 0.128 e. The monoisotopic (exact) mass is 286 g/mol. The Hall–Kier alpha value is -1.87. The summed E-state index contributed by atoms with van der Waals surface area (Å²) < 4.78 is 19.2. The van der Waals surface area contributed by atoms with Crippen molar-refractivity contribution in [1.29, 1.82) is 0 Å². The normalized spacial score (nSPS) is 22.2. The molecule has 0 spiro atoms. The summed E-state index contributed by atoms with van der Waals surface area (Å²) in [6.45, 7) is 2.15. The van der Waals surface area contributed by atoms with Crippen molar-refractivity contribution >= 4 is 0 Å². The highest BCUT2D eigenvalue weighted by molar-refractivity contribution is 5.37. The third-order valence-electron chi connectivity index (χ3n) is 4.10. The molecule has 1 heterocycles. The molecule has 2 nitrogen and oxygen atoms in total. The lowest BCUT2D eigenvalue weighted by Gasteiger charge is -2.31. The van der Waals surface area contributed by atoms with E-state index in [1.165, 1.54) is 17.7 Å². The van der Waals surface area contributed by atoms with Crippen LogP contribution in [0.25, 0.3) is 0 Å². The second-order valence-corrected chi connectivity index (χ2v) is 5.72. The van der Waals surface area contributed by atoms with Gasteiger partial charge in [-0.3, -0.25) is 0 Å². The molecule has 0 fully saturated rings. The summed E-state index contributed by atoms with van der Waals surface area (Å²) in [6, 6.07) is 14.5. The van der Waals surface area contributed by atoms with E-state index in [2.05, 4.69) is 19.1 Å². The van der Waals surface area contributed by atoms with Gasteiger partial charge in [0.15, 0.2) is 0 Å². The molecule has 1 aliphatic rings. The van der Waals surface area contributed by atoms with E-state index >= 15 is 0 Å². The van der Waals surface area contributed by atoms with Crippen molar-refractivity contribution in [1.82, 2.24) is 0 Å². The largest absolute Gasteiger partial charge is 0.490 e. The Labute approximate surface area is 124 Å². The topological polar surface area (TPSA) is 29.5 Å². The van der Waals surface area contributed by atoms with Crippen LogP contribution in [0.15, 0.2) is 48.5 Å². The first kappa shape index (κ1) is 14.1. The minimum Gasteiger partial charge on any atom is -0.490 e. The lowest BCUT2D eigenvalue weighted by atomic mass is 9.90. The number of halogens is 1. The predicted octanol–water partition coefficient (Wildman–Crippen LogP) is 4.20. The fourth-order valence-corrected chi connectivity index (χ4v) is 2.95. The summed E-state index contributed by atoms with van der Waals surface area (Å²) in [5.41, 5.74) is 1.93. The molecule has 2 unspecified atom stereocenters. The second kappa shape index (κ2) is 5.86. The van der Waals surface area contributed by atoms with Crippen LogP contribution in [0.5, 0.6) is 5.75 Å². The maximum absolute atomic E-state index is 13.3. The van der Waals surface area contributed by atoms with Crippen molar-refractivity contribution in [3.05, 3.63) is 65.5 Å². The predicted molar refractivity (Wildman–Crippen MR) is 79.9 cm³/mol. The average molecular weight is 286 g/mol. The van der Waals surface area contributed by atoms with Crippen LogP contribution >= 0.6 is 0 Å². The van der Waals surface area contributed by atoms with Gasteiger partial charge in [0.2, 0.25) is 0 Å². The third kappa shape index (κ3) is 3.08. The summed E-state index contributed by atoms with van der Waals surface area (Å²) in [5, 5.41) is 10.2. The maximum atomic E-state index is 13.3. The Kier molecular flexibility index (Phi) is 3.93. The number of aliphatic hydroxyl groups excluding tert-OH is 1. The maximum Gasteiger partial charge on any atom is 0.128 e. The highest BCUT2D eigenvalue weighted by Gasteiger charge is 2.28. The number of benzene rings is 2. The first-order chi connectivity index (χ1) is 10.1. The van der Waals surface area contributed by atoms with Crippen molar-refractivity contribution in [3.63, 3.8) is 0 Å². The number of fused-ring (bicyclic) bond motifs is 1. The molecule has 0 saturated heterocycles. The van der Waals surface area contributed by atoms with E-state index in [0.29, 0.717) is 23.7 Å². The molecule has 0 radical (unpaired) electrons. The van der Waals surface area contributed by atoms with Gasteiger partial charge in [0.1, 0.15) is 17.7 Å². The number of hydrogen-bond donors (Lipinski definition) is 1. The van der Waals surface area contributed by atoms with Crippen LogP contribution in [-0.4, -0.2) is 11.2 Å². The Morgan fingerprint density at radius 2 is 2.00 bits per heavy atom. The van der Waals surface area contributed by atoms with Crippen molar-refractivity contribution in [3.8, 4) is 5.75 Å². The molecule has 110 valence electrons. The van der Waals surface area contributed by atoms with Crippen molar-refractivity contribution < 1.29 is 14.2 Å². The van der Waals surface area contributed by atoms with Gasteiger partial charge in [-0.25, -0.2) is 4.39 Å². The molecule has 3 atom stereocenters. The molecule has 0 bridgehead atoms. The van der Waals surface area contributed by atoms with E-state index in [1.54, 1.807) is 6.07 Å². The molecule has 1 N–H and O–H groups in total. The molecule has 0 saturated carbocycles. The van der Waals surface area contributed by atoms with Crippen molar-refractivity contribution in [2.24, 2.45) is 0 Å². The van der Waals surface area contributed by atoms with Crippen LogP contribution in [0.4, 0.5) is 4.39 Å². The zero-order chi connectivity index (χ0) is 14.8.